The Labute approximate surface area is 72.0 Å². The zero-order valence-corrected chi connectivity index (χ0v) is 6.88. The van der Waals surface area contributed by atoms with Gasteiger partial charge in [0.05, 0.1) is 10.9 Å². The van der Waals surface area contributed by atoms with Crippen LogP contribution in [0.3, 0.4) is 0 Å². The Hall–Kier alpha value is -1.30. The third-order valence-electron chi connectivity index (χ3n) is 1.24. The Morgan fingerprint density at radius 1 is 1.58 bits per heavy atom. The number of amides is 2. The molecule has 0 N–H and O–H groups in total. The van der Waals surface area contributed by atoms with Gasteiger partial charge in [0.15, 0.2) is 0 Å². The number of aliphatic carboxylic acids is 1. The first-order valence-corrected chi connectivity index (χ1v) is 3.76. The van der Waals surface area contributed by atoms with Crippen molar-refractivity contribution >= 4 is 28.9 Å². The number of carbonyl (C=O) groups is 3. The van der Waals surface area contributed by atoms with Gasteiger partial charge in [-0.3, -0.25) is 14.5 Å². The van der Waals surface area contributed by atoms with Crippen LogP contribution in [0.25, 0.3) is 0 Å². The average molecular weight is 186 g/mol. The van der Waals surface area contributed by atoms with Crippen LogP contribution < -0.4 is 5.11 Å². The summed E-state index contributed by atoms with van der Waals surface area (Å²) >= 11 is 0.588. The van der Waals surface area contributed by atoms with E-state index >= 15 is 0 Å². The molecule has 0 atom stereocenters. The van der Waals surface area contributed by atoms with Crippen LogP contribution in [-0.2, 0) is 9.59 Å². The predicted octanol–water partition coefficient (Wildman–Crippen LogP) is -1.05. The smallest absolute Gasteiger partial charge is 0.293 e. The van der Waals surface area contributed by atoms with Crippen LogP contribution >= 0.6 is 11.8 Å². The molecule has 0 saturated carbocycles. The van der Waals surface area contributed by atoms with Crippen LogP contribution in [0.1, 0.15) is 0 Å². The molecule has 1 rings (SSSR count). The van der Waals surface area contributed by atoms with Crippen LogP contribution in [0, 0.1) is 0 Å². The van der Waals surface area contributed by atoms with E-state index in [1.54, 1.807) is 0 Å². The number of nitrogens with zero attached hydrogens (tertiary/aromatic N) is 1. The highest BCUT2D eigenvalue weighted by molar-refractivity contribution is 8.18. The molecule has 2 amide bonds. The monoisotopic (exact) mass is 186 g/mol. The van der Waals surface area contributed by atoms with E-state index in [9.17, 15) is 19.5 Å². The molecule has 12 heavy (non-hydrogen) atoms. The minimum absolute atomic E-state index is 0.109. The number of carbonyl (C=O) groups excluding carboxylic acids is 3. The first-order chi connectivity index (χ1) is 5.52. The Morgan fingerprint density at radius 3 is 2.50 bits per heavy atom. The summed E-state index contributed by atoms with van der Waals surface area (Å²) in [5.41, 5.74) is 0. The first kappa shape index (κ1) is 8.79. The van der Waals surface area contributed by atoms with Crippen molar-refractivity contribution in [2.75, 3.05) is 7.05 Å². The molecule has 1 heterocycles. The van der Waals surface area contributed by atoms with E-state index in [1.165, 1.54) is 7.05 Å². The summed E-state index contributed by atoms with van der Waals surface area (Å²) in [6.45, 7) is 0. The van der Waals surface area contributed by atoms with Crippen molar-refractivity contribution in [3.63, 3.8) is 0 Å². The molecule has 0 aromatic carbocycles. The third-order valence-corrected chi connectivity index (χ3v) is 2.20. The number of hydrogen-bond acceptors (Lipinski definition) is 5. The van der Waals surface area contributed by atoms with E-state index in [1.807, 2.05) is 0 Å². The van der Waals surface area contributed by atoms with Gasteiger partial charge in [-0.2, -0.15) is 0 Å². The number of rotatable bonds is 1. The molecule has 1 aliphatic rings. The molecular weight excluding hydrogens is 182 g/mol. The second-order valence-electron chi connectivity index (χ2n) is 2.06. The van der Waals surface area contributed by atoms with Gasteiger partial charge in [0.25, 0.3) is 11.1 Å². The molecule has 1 aliphatic heterocycles. The average Bonchev–Trinajstić information content (AvgIpc) is 2.17. The molecule has 0 aromatic rings. The zero-order valence-electron chi connectivity index (χ0n) is 6.07. The van der Waals surface area contributed by atoms with E-state index < -0.39 is 17.1 Å². The van der Waals surface area contributed by atoms with Gasteiger partial charge in [-0.05, 0) is 17.8 Å². The second kappa shape index (κ2) is 2.98. The molecule has 1 fully saturated rings. The van der Waals surface area contributed by atoms with Crippen molar-refractivity contribution < 1.29 is 19.5 Å². The van der Waals surface area contributed by atoms with E-state index in [4.69, 9.17) is 0 Å². The Morgan fingerprint density at radius 2 is 2.17 bits per heavy atom. The lowest BCUT2D eigenvalue weighted by Crippen LogP contribution is -2.24. The van der Waals surface area contributed by atoms with Gasteiger partial charge in [-0.25, -0.2) is 0 Å². The van der Waals surface area contributed by atoms with Gasteiger partial charge >= 0.3 is 0 Å². The number of likely N-dealkylation sites (N-methyl/N-ethyl adjacent to an activating group) is 1. The maximum atomic E-state index is 11.0. The molecule has 0 radical (unpaired) electrons. The van der Waals surface area contributed by atoms with Crippen molar-refractivity contribution in [2.24, 2.45) is 0 Å². The lowest BCUT2D eigenvalue weighted by molar-refractivity contribution is -0.297. The topological polar surface area (TPSA) is 77.5 Å². The highest BCUT2D eigenvalue weighted by Gasteiger charge is 2.31. The van der Waals surface area contributed by atoms with Gasteiger partial charge in [-0.1, -0.05) is 0 Å². The standard InChI is InChI=1S/C6H5NO4S/c1-7-5(10)3(2-4(8)9)12-6(7)11/h2H,1H3,(H,8,9)/p-1/b3-2-. The summed E-state index contributed by atoms with van der Waals surface area (Å²) in [5.74, 6) is -2.08. The molecule has 0 bridgehead atoms. The Kier molecular flexibility index (Phi) is 2.18. The largest absolute Gasteiger partial charge is 0.545 e. The Bertz CT molecular complexity index is 296. The summed E-state index contributed by atoms with van der Waals surface area (Å²) in [5, 5.41) is 9.55. The van der Waals surface area contributed by atoms with Crippen molar-refractivity contribution in [3.05, 3.63) is 11.0 Å². The van der Waals surface area contributed by atoms with Crippen molar-refractivity contribution in [1.29, 1.82) is 0 Å². The summed E-state index contributed by atoms with van der Waals surface area (Å²) in [6.07, 6.45) is 0.619. The van der Waals surface area contributed by atoms with Crippen LogP contribution in [0.4, 0.5) is 4.79 Å². The molecule has 0 spiro atoms. The summed E-state index contributed by atoms with van der Waals surface area (Å²) in [4.78, 5) is 32.5. The minimum atomic E-state index is -1.48. The number of imide groups is 1. The zero-order chi connectivity index (χ0) is 9.30. The Balaban J connectivity index is 2.92. The predicted molar refractivity (Wildman–Crippen MR) is 38.8 cm³/mol. The fourth-order valence-corrected chi connectivity index (χ4v) is 1.44. The number of thioether (sulfide) groups is 1. The summed E-state index contributed by atoms with van der Waals surface area (Å²) in [7, 11) is 1.29. The van der Waals surface area contributed by atoms with E-state index in [2.05, 4.69) is 0 Å². The van der Waals surface area contributed by atoms with Crippen LogP contribution in [0.2, 0.25) is 0 Å². The van der Waals surface area contributed by atoms with Gasteiger partial charge in [0.2, 0.25) is 0 Å². The summed E-state index contributed by atoms with van der Waals surface area (Å²) in [6, 6.07) is 0. The van der Waals surface area contributed by atoms with E-state index in [0.29, 0.717) is 17.8 Å². The van der Waals surface area contributed by atoms with Crippen LogP contribution in [-0.4, -0.2) is 29.1 Å². The quantitative estimate of drug-likeness (QED) is 0.488. The second-order valence-corrected chi connectivity index (χ2v) is 3.05. The van der Waals surface area contributed by atoms with Crippen LogP contribution in [0.15, 0.2) is 11.0 Å². The van der Waals surface area contributed by atoms with E-state index in [0.717, 1.165) is 4.90 Å². The van der Waals surface area contributed by atoms with E-state index in [-0.39, 0.29) is 4.91 Å². The number of carboxylic acid groups (broad SMARTS) is 1. The highest BCUT2D eigenvalue weighted by atomic mass is 32.2. The first-order valence-electron chi connectivity index (χ1n) is 2.95. The molecule has 64 valence electrons. The van der Waals surface area contributed by atoms with Gasteiger partial charge in [0, 0.05) is 7.05 Å². The number of carboxylic acids is 1. The van der Waals surface area contributed by atoms with Crippen molar-refractivity contribution in [1.82, 2.24) is 4.90 Å². The normalized spacial score (nSPS) is 20.8. The molecule has 0 unspecified atom stereocenters. The van der Waals surface area contributed by atoms with Gasteiger partial charge in [-0.15, -0.1) is 0 Å². The van der Waals surface area contributed by atoms with Gasteiger partial charge in [0.1, 0.15) is 0 Å². The molecule has 5 nitrogen and oxygen atoms in total. The van der Waals surface area contributed by atoms with Crippen LogP contribution in [0.5, 0.6) is 0 Å². The molecule has 0 aliphatic carbocycles. The maximum Gasteiger partial charge on any atom is 0.293 e. The fourth-order valence-electron chi connectivity index (χ4n) is 0.653. The highest BCUT2D eigenvalue weighted by Crippen LogP contribution is 2.28. The SMILES string of the molecule is CN1C(=O)S/C(=C\C(=O)[O-])C1=O. The maximum absolute atomic E-state index is 11.0. The van der Waals surface area contributed by atoms with Gasteiger partial charge < -0.3 is 9.90 Å². The molecule has 6 heteroatoms. The van der Waals surface area contributed by atoms with Crippen molar-refractivity contribution in [3.8, 4) is 0 Å². The van der Waals surface area contributed by atoms with Crippen molar-refractivity contribution in [2.45, 2.75) is 0 Å². The number of hydrogen-bond donors (Lipinski definition) is 0. The lowest BCUT2D eigenvalue weighted by Gasteiger charge is -2.00. The third kappa shape index (κ3) is 1.48. The molecule has 1 saturated heterocycles. The molecule has 0 aromatic heterocycles. The lowest BCUT2D eigenvalue weighted by atomic mass is 10.4. The fraction of sp³-hybridized carbons (Fsp3) is 0.167. The summed E-state index contributed by atoms with van der Waals surface area (Å²) < 4.78 is 0. The minimum Gasteiger partial charge on any atom is -0.545 e. The molecular formula is C6H4NO4S-.